The summed E-state index contributed by atoms with van der Waals surface area (Å²) < 4.78 is 11.7. The van der Waals surface area contributed by atoms with Crippen LogP contribution < -0.4 is 20.3 Å². The zero-order chi connectivity index (χ0) is 26.7. The van der Waals surface area contributed by atoms with E-state index in [2.05, 4.69) is 30.4 Å². The second-order valence-corrected chi connectivity index (χ2v) is 10.5. The molecule has 2 aromatic heterocycles. The number of rotatable bonds is 9. The molecule has 0 bridgehead atoms. The smallest absolute Gasteiger partial charge is 0.227 e. The number of ether oxygens (including phenoxy) is 2. The Balaban J connectivity index is 1.43. The minimum absolute atomic E-state index is 0.0342. The van der Waals surface area contributed by atoms with Gasteiger partial charge in [0.1, 0.15) is 18.2 Å². The summed E-state index contributed by atoms with van der Waals surface area (Å²) >= 11 is 6.75. The largest absolute Gasteiger partial charge is 0.490 e. The number of aliphatic hydroxyl groups is 1. The van der Waals surface area contributed by atoms with Crippen molar-refractivity contribution in [3.8, 4) is 17.0 Å². The lowest BCUT2D eigenvalue weighted by atomic mass is 9.85. The zero-order valence-corrected chi connectivity index (χ0v) is 22.8. The summed E-state index contributed by atoms with van der Waals surface area (Å²) in [6.07, 6.45) is 3.49. The van der Waals surface area contributed by atoms with E-state index in [0.29, 0.717) is 48.8 Å². The number of benzene rings is 1. The summed E-state index contributed by atoms with van der Waals surface area (Å²) in [5.41, 5.74) is 3.76. The predicted octanol–water partition coefficient (Wildman–Crippen LogP) is 3.39. The summed E-state index contributed by atoms with van der Waals surface area (Å²) in [5, 5.41) is 17.1. The summed E-state index contributed by atoms with van der Waals surface area (Å²) in [6, 6.07) is 7.72. The summed E-state index contributed by atoms with van der Waals surface area (Å²) in [4.78, 5) is 18.0. The highest BCUT2D eigenvalue weighted by molar-refractivity contribution is 6.33. The van der Waals surface area contributed by atoms with Gasteiger partial charge in [0.2, 0.25) is 5.95 Å². The molecule has 0 amide bonds. The van der Waals surface area contributed by atoms with Crippen molar-refractivity contribution in [3.63, 3.8) is 0 Å². The van der Waals surface area contributed by atoms with Crippen LogP contribution in [0.5, 0.6) is 5.75 Å². The van der Waals surface area contributed by atoms with Crippen molar-refractivity contribution in [1.29, 1.82) is 0 Å². The lowest BCUT2D eigenvalue weighted by Crippen LogP contribution is -2.36. The van der Waals surface area contributed by atoms with Crippen LogP contribution in [-0.4, -0.2) is 91.7 Å². The maximum absolute atomic E-state index is 9.95. The average Bonchev–Trinajstić information content (AvgIpc) is 3.26. The van der Waals surface area contributed by atoms with Gasteiger partial charge in [-0.15, -0.1) is 0 Å². The van der Waals surface area contributed by atoms with Crippen LogP contribution >= 0.6 is 11.6 Å². The van der Waals surface area contributed by atoms with Gasteiger partial charge in [0.15, 0.2) is 0 Å². The highest BCUT2D eigenvalue weighted by Gasteiger charge is 2.35. The van der Waals surface area contributed by atoms with Crippen LogP contribution in [0.25, 0.3) is 11.3 Å². The van der Waals surface area contributed by atoms with Gasteiger partial charge in [-0.25, -0.2) is 15.0 Å². The van der Waals surface area contributed by atoms with E-state index >= 15 is 0 Å². The Bertz CT molecular complexity index is 1290. The van der Waals surface area contributed by atoms with Crippen LogP contribution in [0.1, 0.15) is 12.5 Å². The van der Waals surface area contributed by atoms with Crippen molar-refractivity contribution < 1.29 is 14.6 Å². The van der Waals surface area contributed by atoms with E-state index in [9.17, 15) is 5.11 Å². The van der Waals surface area contributed by atoms with Gasteiger partial charge in [0.05, 0.1) is 41.9 Å². The number of aromatic nitrogens is 3. The number of hydrogen-bond acceptors (Lipinski definition) is 10. The molecule has 11 heteroatoms. The predicted molar refractivity (Wildman–Crippen MR) is 150 cm³/mol. The highest BCUT2D eigenvalue weighted by atomic mass is 35.5. The third-order valence-corrected chi connectivity index (χ3v) is 7.23. The summed E-state index contributed by atoms with van der Waals surface area (Å²) in [7, 11) is 4.02. The van der Waals surface area contributed by atoms with E-state index in [4.69, 9.17) is 26.1 Å². The van der Waals surface area contributed by atoms with E-state index in [1.807, 2.05) is 45.3 Å². The molecular weight excluding hydrogens is 506 g/mol. The van der Waals surface area contributed by atoms with E-state index in [0.717, 1.165) is 48.0 Å². The molecule has 1 fully saturated rings. The molecular formula is C27H34ClN7O3. The van der Waals surface area contributed by atoms with Crippen LogP contribution in [0.2, 0.25) is 5.02 Å². The quantitative estimate of drug-likeness (QED) is 0.374. The lowest BCUT2D eigenvalue weighted by Gasteiger charge is -2.30. The van der Waals surface area contributed by atoms with E-state index < -0.39 is 0 Å². The number of fused-ring (bicyclic) bond motifs is 1. The molecule has 4 heterocycles. The standard InChI is InChI=1S/C27H34ClN7O3/c1-27(17-36)16-31-25-19(27)12-18(15-30-25)21-4-5-29-26(32-21)33-22-13-20(28)23(35-7-9-37-10-8-35)14-24(22)38-11-6-34(2)3/h4-5,12-15,36H,6-11,16-17H2,1-3H3,(H,30,31)(H,29,32,33). The Morgan fingerprint density at radius 2 is 2.05 bits per heavy atom. The number of nitrogens with one attached hydrogen (secondary N) is 2. The molecule has 0 radical (unpaired) electrons. The van der Waals surface area contributed by atoms with Crippen molar-refractivity contribution in [2.45, 2.75) is 12.3 Å². The number of anilines is 4. The molecule has 10 nitrogen and oxygen atoms in total. The fourth-order valence-corrected chi connectivity index (χ4v) is 4.85. The lowest BCUT2D eigenvalue weighted by molar-refractivity contribution is 0.122. The topological polar surface area (TPSA) is 108 Å². The minimum atomic E-state index is -0.385. The van der Waals surface area contributed by atoms with Crippen molar-refractivity contribution in [2.24, 2.45) is 0 Å². The number of pyridine rings is 1. The molecule has 0 saturated carbocycles. The van der Waals surface area contributed by atoms with Crippen molar-refractivity contribution >= 4 is 34.7 Å². The van der Waals surface area contributed by atoms with E-state index in [-0.39, 0.29) is 12.0 Å². The molecule has 1 aromatic carbocycles. The maximum atomic E-state index is 9.95. The molecule has 3 N–H and O–H groups in total. The second-order valence-electron chi connectivity index (χ2n) is 10.1. The van der Waals surface area contributed by atoms with Gasteiger partial charge in [0, 0.05) is 61.2 Å². The van der Waals surface area contributed by atoms with Gasteiger partial charge in [-0.2, -0.15) is 0 Å². The highest BCUT2D eigenvalue weighted by Crippen LogP contribution is 2.39. The fraction of sp³-hybridized carbons (Fsp3) is 0.444. The van der Waals surface area contributed by atoms with Gasteiger partial charge >= 0.3 is 0 Å². The van der Waals surface area contributed by atoms with E-state index in [1.165, 1.54) is 0 Å². The van der Waals surface area contributed by atoms with Crippen LogP contribution in [0.4, 0.5) is 23.1 Å². The zero-order valence-electron chi connectivity index (χ0n) is 22.0. The van der Waals surface area contributed by atoms with Gasteiger partial charge < -0.3 is 35.0 Å². The molecule has 2 aliphatic heterocycles. The third kappa shape index (κ3) is 5.63. The molecule has 0 aliphatic carbocycles. The van der Waals surface area contributed by atoms with Gasteiger partial charge in [-0.1, -0.05) is 18.5 Å². The van der Waals surface area contributed by atoms with Crippen LogP contribution in [0.3, 0.4) is 0 Å². The number of halogens is 1. The van der Waals surface area contributed by atoms with E-state index in [1.54, 1.807) is 12.4 Å². The Labute approximate surface area is 228 Å². The Morgan fingerprint density at radius 3 is 2.82 bits per heavy atom. The Kier molecular flexibility index (Phi) is 7.85. The first kappa shape index (κ1) is 26.4. The van der Waals surface area contributed by atoms with Gasteiger partial charge in [0.25, 0.3) is 0 Å². The third-order valence-electron chi connectivity index (χ3n) is 6.93. The normalized spacial score (nSPS) is 18.8. The Morgan fingerprint density at radius 1 is 1.24 bits per heavy atom. The number of nitrogens with zero attached hydrogens (tertiary/aromatic N) is 5. The summed E-state index contributed by atoms with van der Waals surface area (Å²) in [5.74, 6) is 1.89. The average molecular weight is 540 g/mol. The van der Waals surface area contributed by atoms with Crippen LogP contribution in [0.15, 0.2) is 36.7 Å². The van der Waals surface area contributed by atoms with Crippen LogP contribution in [-0.2, 0) is 10.2 Å². The second kappa shape index (κ2) is 11.3. The molecule has 38 heavy (non-hydrogen) atoms. The number of aliphatic hydroxyl groups excluding tert-OH is 1. The van der Waals surface area contributed by atoms with Crippen molar-refractivity contribution in [2.75, 3.05) is 82.2 Å². The number of hydrogen-bond donors (Lipinski definition) is 3. The fourth-order valence-electron chi connectivity index (χ4n) is 4.57. The first-order valence-corrected chi connectivity index (χ1v) is 13.1. The van der Waals surface area contributed by atoms with Crippen LogP contribution in [0, 0.1) is 0 Å². The minimum Gasteiger partial charge on any atom is -0.490 e. The SMILES string of the molecule is CN(C)CCOc1cc(N2CCOCC2)c(Cl)cc1Nc1nccc(-c2cnc3c(c2)C(C)(CO)CN3)n1. The number of morpholine rings is 1. The van der Waals surface area contributed by atoms with Crippen molar-refractivity contribution in [1.82, 2.24) is 19.9 Å². The van der Waals surface area contributed by atoms with Crippen molar-refractivity contribution in [3.05, 3.63) is 47.2 Å². The molecule has 2 aliphatic rings. The molecule has 5 rings (SSSR count). The van der Waals surface area contributed by atoms with Gasteiger partial charge in [-0.3, -0.25) is 0 Å². The first-order chi connectivity index (χ1) is 18.4. The molecule has 1 saturated heterocycles. The van der Waals surface area contributed by atoms with Gasteiger partial charge in [-0.05, 0) is 32.3 Å². The molecule has 202 valence electrons. The maximum Gasteiger partial charge on any atom is 0.227 e. The first-order valence-electron chi connectivity index (χ1n) is 12.8. The monoisotopic (exact) mass is 539 g/mol. The molecule has 3 aromatic rings. The molecule has 1 atom stereocenters. The summed E-state index contributed by atoms with van der Waals surface area (Å²) in [6.45, 7) is 6.86. The molecule has 1 unspecified atom stereocenters. The number of likely N-dealkylation sites (N-methyl/N-ethyl adjacent to an activating group) is 1. The Hall–Kier alpha value is -3.18. The molecule has 0 spiro atoms.